The fourth-order valence-corrected chi connectivity index (χ4v) is 5.32. The van der Waals surface area contributed by atoms with Crippen LogP contribution >= 0.6 is 0 Å². The van der Waals surface area contributed by atoms with Crippen LogP contribution in [0, 0.1) is 5.82 Å². The van der Waals surface area contributed by atoms with E-state index in [9.17, 15) is 4.39 Å². The molecule has 1 aliphatic rings. The second-order valence-corrected chi connectivity index (χ2v) is 10.3. The number of halogens is 1. The molecule has 38 heavy (non-hydrogen) atoms. The molecular formula is C37H27F. The lowest BCUT2D eigenvalue weighted by Crippen LogP contribution is -1.84. The van der Waals surface area contributed by atoms with Gasteiger partial charge in [-0.05, 0) is 104 Å². The Morgan fingerprint density at radius 1 is 0.368 bits per heavy atom. The molecule has 0 bridgehead atoms. The Morgan fingerprint density at radius 3 is 1.08 bits per heavy atom. The van der Waals surface area contributed by atoms with Crippen LogP contribution in [0.1, 0.15) is 24.3 Å². The van der Waals surface area contributed by atoms with Gasteiger partial charge < -0.3 is 0 Å². The summed E-state index contributed by atoms with van der Waals surface area (Å²) < 4.78 is 13.3. The van der Waals surface area contributed by atoms with Crippen LogP contribution in [0.2, 0.25) is 0 Å². The summed E-state index contributed by atoms with van der Waals surface area (Å²) in [5, 5.41) is 2.45. The van der Waals surface area contributed by atoms with E-state index in [0.717, 1.165) is 17.0 Å². The third kappa shape index (κ3) is 4.53. The van der Waals surface area contributed by atoms with Gasteiger partial charge in [0, 0.05) is 0 Å². The van der Waals surface area contributed by atoms with Crippen molar-refractivity contribution in [3.63, 3.8) is 0 Å². The molecule has 1 aliphatic carbocycles. The summed E-state index contributed by atoms with van der Waals surface area (Å²) >= 11 is 0. The van der Waals surface area contributed by atoms with Gasteiger partial charge >= 0.3 is 0 Å². The molecule has 1 saturated carbocycles. The summed E-state index contributed by atoms with van der Waals surface area (Å²) in [6.45, 7) is 0. The van der Waals surface area contributed by atoms with Gasteiger partial charge in [-0.3, -0.25) is 0 Å². The van der Waals surface area contributed by atoms with Crippen molar-refractivity contribution in [2.75, 3.05) is 0 Å². The van der Waals surface area contributed by atoms with Crippen molar-refractivity contribution in [3.8, 4) is 44.5 Å². The maximum atomic E-state index is 13.3. The molecule has 0 atom stereocenters. The number of benzene rings is 6. The second-order valence-electron chi connectivity index (χ2n) is 10.3. The minimum absolute atomic E-state index is 0.212. The first-order valence-electron chi connectivity index (χ1n) is 13.3. The van der Waals surface area contributed by atoms with Gasteiger partial charge in [0.1, 0.15) is 5.82 Å². The Kier molecular flexibility index (Phi) is 5.63. The topological polar surface area (TPSA) is 0 Å². The standard InChI is InChI=1S/C37H27F/c38-37-21-19-30(20-22-37)29-9-13-32(14-10-29)34-16-18-35-23-33(15-17-36(35)24-34)31-11-7-28(8-12-31)27-5-3-26(4-6-27)25-1-2-25/h3-25H,1-2H2. The van der Waals surface area contributed by atoms with E-state index in [0.29, 0.717) is 0 Å². The van der Waals surface area contributed by atoms with Crippen LogP contribution in [0.5, 0.6) is 0 Å². The molecule has 0 unspecified atom stereocenters. The van der Waals surface area contributed by atoms with E-state index in [1.807, 2.05) is 12.1 Å². The molecule has 6 aromatic carbocycles. The highest BCUT2D eigenvalue weighted by atomic mass is 19.1. The molecule has 1 fully saturated rings. The van der Waals surface area contributed by atoms with Crippen LogP contribution < -0.4 is 0 Å². The van der Waals surface area contributed by atoms with Crippen molar-refractivity contribution in [1.82, 2.24) is 0 Å². The summed E-state index contributed by atoms with van der Waals surface area (Å²) in [7, 11) is 0. The predicted molar refractivity (Wildman–Crippen MR) is 158 cm³/mol. The first-order chi connectivity index (χ1) is 18.7. The van der Waals surface area contributed by atoms with Crippen LogP contribution in [0.3, 0.4) is 0 Å². The quantitative estimate of drug-likeness (QED) is 0.225. The molecule has 0 aliphatic heterocycles. The minimum Gasteiger partial charge on any atom is -0.207 e. The first-order valence-corrected chi connectivity index (χ1v) is 13.3. The van der Waals surface area contributed by atoms with E-state index in [-0.39, 0.29) is 5.82 Å². The Morgan fingerprint density at radius 2 is 0.684 bits per heavy atom. The number of fused-ring (bicyclic) bond motifs is 1. The molecule has 0 nitrogen and oxygen atoms in total. The van der Waals surface area contributed by atoms with Crippen LogP contribution in [0.4, 0.5) is 4.39 Å². The van der Waals surface area contributed by atoms with Gasteiger partial charge in [-0.1, -0.05) is 109 Å². The molecule has 1 heteroatoms. The number of hydrogen-bond donors (Lipinski definition) is 0. The van der Waals surface area contributed by atoms with E-state index in [2.05, 4.69) is 109 Å². The van der Waals surface area contributed by atoms with Crippen molar-refractivity contribution in [1.29, 1.82) is 0 Å². The summed E-state index contributed by atoms with van der Waals surface area (Å²) in [6.07, 6.45) is 2.68. The normalized spacial score (nSPS) is 13.1. The largest absolute Gasteiger partial charge is 0.207 e. The van der Waals surface area contributed by atoms with Crippen LogP contribution in [0.25, 0.3) is 55.3 Å². The Bertz CT molecular complexity index is 1720. The summed E-state index contributed by atoms with van der Waals surface area (Å²) in [5.41, 5.74) is 10.9. The molecule has 7 rings (SSSR count). The van der Waals surface area contributed by atoms with Crippen molar-refractivity contribution in [2.24, 2.45) is 0 Å². The average molecular weight is 491 g/mol. The van der Waals surface area contributed by atoms with Gasteiger partial charge in [-0.25, -0.2) is 4.39 Å². The van der Waals surface area contributed by atoms with Crippen molar-refractivity contribution < 1.29 is 4.39 Å². The molecule has 0 aromatic heterocycles. The number of hydrogen-bond acceptors (Lipinski definition) is 0. The first kappa shape index (κ1) is 22.7. The molecule has 182 valence electrons. The summed E-state index contributed by atoms with van der Waals surface area (Å²) in [4.78, 5) is 0. The predicted octanol–water partition coefficient (Wildman–Crippen LogP) is 10.5. The third-order valence-electron chi connectivity index (χ3n) is 7.75. The van der Waals surface area contributed by atoms with Crippen molar-refractivity contribution >= 4 is 10.8 Å². The van der Waals surface area contributed by atoms with E-state index in [4.69, 9.17) is 0 Å². The molecule has 0 amide bonds. The lowest BCUT2D eigenvalue weighted by atomic mass is 9.95. The maximum Gasteiger partial charge on any atom is 0.123 e. The SMILES string of the molecule is Fc1ccc(-c2ccc(-c3ccc4cc(-c5ccc(-c6ccc(C7CC7)cc6)cc5)ccc4c3)cc2)cc1. The lowest BCUT2D eigenvalue weighted by molar-refractivity contribution is 0.628. The van der Waals surface area contributed by atoms with Gasteiger partial charge in [-0.2, -0.15) is 0 Å². The fraction of sp³-hybridized carbons (Fsp3) is 0.0811. The fourth-order valence-electron chi connectivity index (χ4n) is 5.32. The monoisotopic (exact) mass is 490 g/mol. The maximum absolute atomic E-state index is 13.3. The number of rotatable bonds is 5. The Balaban J connectivity index is 1.11. The average Bonchev–Trinajstić information content (AvgIpc) is 3.83. The Hall–Kier alpha value is -4.49. The second kappa shape index (κ2) is 9.43. The van der Waals surface area contributed by atoms with E-state index in [1.165, 1.54) is 74.7 Å². The van der Waals surface area contributed by atoms with Gasteiger partial charge in [0.15, 0.2) is 0 Å². The van der Waals surface area contributed by atoms with Gasteiger partial charge in [0.05, 0.1) is 0 Å². The molecule has 0 radical (unpaired) electrons. The zero-order chi connectivity index (χ0) is 25.5. The van der Waals surface area contributed by atoms with Crippen LogP contribution in [-0.2, 0) is 0 Å². The third-order valence-corrected chi connectivity index (χ3v) is 7.75. The van der Waals surface area contributed by atoms with E-state index in [1.54, 1.807) is 0 Å². The minimum atomic E-state index is -0.212. The highest BCUT2D eigenvalue weighted by molar-refractivity contribution is 5.91. The Labute approximate surface area is 223 Å². The van der Waals surface area contributed by atoms with E-state index < -0.39 is 0 Å². The molecule has 0 heterocycles. The van der Waals surface area contributed by atoms with Gasteiger partial charge in [-0.15, -0.1) is 0 Å². The van der Waals surface area contributed by atoms with Crippen LogP contribution in [0.15, 0.2) is 133 Å². The molecule has 0 saturated heterocycles. The molecular weight excluding hydrogens is 463 g/mol. The smallest absolute Gasteiger partial charge is 0.123 e. The molecule has 0 N–H and O–H groups in total. The van der Waals surface area contributed by atoms with Gasteiger partial charge in [0.2, 0.25) is 0 Å². The van der Waals surface area contributed by atoms with Gasteiger partial charge in [0.25, 0.3) is 0 Å². The highest BCUT2D eigenvalue weighted by Crippen LogP contribution is 2.40. The lowest BCUT2D eigenvalue weighted by Gasteiger charge is -2.09. The van der Waals surface area contributed by atoms with Crippen molar-refractivity contribution in [2.45, 2.75) is 18.8 Å². The van der Waals surface area contributed by atoms with Crippen LogP contribution in [-0.4, -0.2) is 0 Å². The zero-order valence-corrected chi connectivity index (χ0v) is 21.1. The summed E-state index contributed by atoms with van der Waals surface area (Å²) in [6, 6.07) is 46.4. The van der Waals surface area contributed by atoms with E-state index >= 15 is 0 Å². The molecule has 6 aromatic rings. The zero-order valence-electron chi connectivity index (χ0n) is 21.1. The highest BCUT2D eigenvalue weighted by Gasteiger charge is 2.22. The molecule has 0 spiro atoms. The van der Waals surface area contributed by atoms with Crippen molar-refractivity contribution in [3.05, 3.63) is 145 Å². The summed E-state index contributed by atoms with van der Waals surface area (Å²) in [5.74, 6) is 0.583.